The average Bonchev–Trinajstić information content (AvgIpc) is 3.33. The summed E-state index contributed by atoms with van der Waals surface area (Å²) in [7, 11) is 1.38. The molecule has 7 heteroatoms. The van der Waals surface area contributed by atoms with Crippen LogP contribution in [0, 0.1) is 0 Å². The monoisotopic (exact) mass is 508 g/mol. The normalized spacial score (nSPS) is 22.6. The first-order valence-corrected chi connectivity index (χ1v) is 12.6. The molecule has 190 valence electrons. The number of allylic oxidation sites excluding steroid dienone is 1. The predicted octanol–water partition coefficient (Wildman–Crippen LogP) is 5.90. The van der Waals surface area contributed by atoms with Gasteiger partial charge in [0, 0.05) is 17.8 Å². The summed E-state index contributed by atoms with van der Waals surface area (Å²) in [6.45, 7) is 7.78. The van der Waals surface area contributed by atoms with Crippen LogP contribution in [-0.2, 0) is 32.6 Å². The van der Waals surface area contributed by atoms with Crippen molar-refractivity contribution in [3.63, 3.8) is 0 Å². The minimum absolute atomic E-state index is 0.294. The molecule has 2 aliphatic rings. The Bertz CT molecular complexity index is 1200. The van der Waals surface area contributed by atoms with E-state index in [1.165, 1.54) is 7.11 Å². The molecule has 0 aromatic heterocycles. The number of aliphatic imine (C=N–C) groups is 1. The first-order valence-electron chi connectivity index (χ1n) is 12.2. The van der Waals surface area contributed by atoms with Gasteiger partial charge in [-0.1, -0.05) is 61.0 Å². The molecule has 36 heavy (non-hydrogen) atoms. The Hall–Kier alpha value is -3.12. The van der Waals surface area contributed by atoms with Crippen LogP contribution in [0.1, 0.15) is 50.8 Å². The molecule has 0 spiro atoms. The summed E-state index contributed by atoms with van der Waals surface area (Å²) in [4.78, 5) is 34.5. The van der Waals surface area contributed by atoms with E-state index in [1.807, 2.05) is 76.2 Å². The second kappa shape index (κ2) is 9.74. The third-order valence-electron chi connectivity index (χ3n) is 7.15. The molecule has 2 aromatic carbocycles. The number of rotatable bonds is 5. The van der Waals surface area contributed by atoms with Gasteiger partial charge in [0.1, 0.15) is 16.6 Å². The smallest absolute Gasteiger partial charge is 0.410 e. The van der Waals surface area contributed by atoms with Crippen molar-refractivity contribution >= 4 is 29.9 Å². The van der Waals surface area contributed by atoms with Crippen LogP contribution >= 0.6 is 11.6 Å². The Morgan fingerprint density at radius 3 is 2.44 bits per heavy atom. The summed E-state index contributed by atoms with van der Waals surface area (Å²) in [6, 6.07) is 14.5. The van der Waals surface area contributed by atoms with Crippen molar-refractivity contribution in [1.29, 1.82) is 0 Å². The fourth-order valence-electron chi connectivity index (χ4n) is 5.62. The number of fused-ring (bicyclic) bond motifs is 1. The van der Waals surface area contributed by atoms with Gasteiger partial charge in [0.25, 0.3) is 0 Å². The Balaban J connectivity index is 2.04. The Labute approximate surface area is 217 Å². The van der Waals surface area contributed by atoms with Crippen LogP contribution in [0.2, 0.25) is 5.02 Å². The maximum Gasteiger partial charge on any atom is 0.410 e. The van der Waals surface area contributed by atoms with E-state index in [0.717, 1.165) is 11.1 Å². The van der Waals surface area contributed by atoms with Gasteiger partial charge in [-0.05, 0) is 68.5 Å². The van der Waals surface area contributed by atoms with Crippen molar-refractivity contribution in [1.82, 2.24) is 4.90 Å². The maximum absolute atomic E-state index is 14.2. The summed E-state index contributed by atoms with van der Waals surface area (Å²) in [5.74, 6) is -0.478. The number of nitrogens with zero attached hydrogens (tertiary/aromatic N) is 2. The van der Waals surface area contributed by atoms with E-state index >= 15 is 0 Å². The molecular formula is C29H33ClN2O4. The average molecular weight is 509 g/mol. The predicted molar refractivity (Wildman–Crippen MR) is 142 cm³/mol. The van der Waals surface area contributed by atoms with Crippen LogP contribution < -0.4 is 0 Å². The fraction of sp³-hybridized carbons (Fsp3) is 0.414. The lowest BCUT2D eigenvalue weighted by Crippen LogP contribution is -2.68. The molecule has 3 atom stereocenters. The highest BCUT2D eigenvalue weighted by Gasteiger charge is 2.64. The topological polar surface area (TPSA) is 68.2 Å². The Morgan fingerprint density at radius 2 is 1.86 bits per heavy atom. The summed E-state index contributed by atoms with van der Waals surface area (Å²) >= 11 is 6.49. The van der Waals surface area contributed by atoms with E-state index in [4.69, 9.17) is 26.1 Å². The summed E-state index contributed by atoms with van der Waals surface area (Å²) in [5, 5.41) is 0.484. The highest BCUT2D eigenvalue weighted by atomic mass is 35.5. The standard InChI is InChI=1S/C29H33ClN2O4/c1-6-28(15-10-16-31-28)29(25(33)35-5,22-13-9-14-23(30)18-22)24-17-20-11-7-8-12-21(20)19-32(24)26(34)36-27(2,3)4/h7-16,18,24H,6,17,19H2,1-5H3. The molecule has 3 unspecified atom stereocenters. The van der Waals surface area contributed by atoms with Crippen molar-refractivity contribution in [3.05, 3.63) is 82.4 Å². The molecule has 2 heterocycles. The van der Waals surface area contributed by atoms with Gasteiger partial charge in [-0.3, -0.25) is 14.7 Å². The Kier molecular flexibility index (Phi) is 7.02. The molecule has 0 fully saturated rings. The molecule has 4 rings (SSSR count). The molecule has 1 amide bonds. The van der Waals surface area contributed by atoms with Gasteiger partial charge in [-0.2, -0.15) is 0 Å². The molecule has 0 saturated carbocycles. The van der Waals surface area contributed by atoms with Crippen LogP contribution in [0.25, 0.3) is 0 Å². The number of carbonyl (C=O) groups is 2. The van der Waals surface area contributed by atoms with Crippen LogP contribution in [0.3, 0.4) is 0 Å². The minimum atomic E-state index is -1.39. The number of esters is 1. The van der Waals surface area contributed by atoms with E-state index in [1.54, 1.807) is 23.2 Å². The fourth-order valence-corrected chi connectivity index (χ4v) is 5.81. The number of hydrogen-bond acceptors (Lipinski definition) is 5. The zero-order chi connectivity index (χ0) is 26.1. The molecule has 0 aliphatic carbocycles. The quantitative estimate of drug-likeness (QED) is 0.471. The second-order valence-electron chi connectivity index (χ2n) is 10.3. The zero-order valence-corrected chi connectivity index (χ0v) is 22.2. The van der Waals surface area contributed by atoms with Crippen LogP contribution in [0.5, 0.6) is 0 Å². The van der Waals surface area contributed by atoms with E-state index < -0.39 is 34.7 Å². The third kappa shape index (κ3) is 4.32. The molecule has 0 N–H and O–H groups in total. The lowest BCUT2D eigenvalue weighted by atomic mass is 9.58. The SMILES string of the molecule is CCC1(C(C(=O)OC)(c2cccc(Cl)c2)C2Cc3ccccc3CN2C(=O)OC(C)(C)C)C=CC=N1. The minimum Gasteiger partial charge on any atom is -0.468 e. The lowest BCUT2D eigenvalue weighted by molar-refractivity contribution is -0.154. The largest absolute Gasteiger partial charge is 0.468 e. The first kappa shape index (κ1) is 26.0. The third-order valence-corrected chi connectivity index (χ3v) is 7.38. The van der Waals surface area contributed by atoms with E-state index in [9.17, 15) is 9.59 Å². The molecule has 0 radical (unpaired) electrons. The molecule has 0 saturated heterocycles. The Morgan fingerprint density at radius 1 is 1.14 bits per heavy atom. The lowest BCUT2D eigenvalue weighted by Gasteiger charge is -2.53. The van der Waals surface area contributed by atoms with Crippen molar-refractivity contribution in [2.45, 2.75) is 69.7 Å². The van der Waals surface area contributed by atoms with Crippen molar-refractivity contribution < 1.29 is 19.1 Å². The van der Waals surface area contributed by atoms with Gasteiger partial charge >= 0.3 is 12.1 Å². The van der Waals surface area contributed by atoms with Gasteiger partial charge in [-0.15, -0.1) is 0 Å². The number of halogens is 1. The number of hydrogen-bond donors (Lipinski definition) is 0. The van der Waals surface area contributed by atoms with Crippen LogP contribution in [0.4, 0.5) is 4.79 Å². The number of carbonyl (C=O) groups excluding carboxylic acids is 2. The van der Waals surface area contributed by atoms with E-state index in [2.05, 4.69) is 0 Å². The van der Waals surface area contributed by atoms with Crippen molar-refractivity contribution in [2.24, 2.45) is 4.99 Å². The van der Waals surface area contributed by atoms with Crippen molar-refractivity contribution in [2.75, 3.05) is 7.11 Å². The summed E-state index contributed by atoms with van der Waals surface area (Å²) < 4.78 is 11.4. The number of benzene rings is 2. The molecule has 6 nitrogen and oxygen atoms in total. The van der Waals surface area contributed by atoms with E-state index in [0.29, 0.717) is 30.0 Å². The second-order valence-corrected chi connectivity index (χ2v) is 10.8. The first-order chi connectivity index (χ1) is 17.1. The summed E-state index contributed by atoms with van der Waals surface area (Å²) in [6.07, 6.45) is 5.93. The number of amides is 1. The van der Waals surface area contributed by atoms with Gasteiger partial charge < -0.3 is 9.47 Å². The zero-order valence-electron chi connectivity index (χ0n) is 21.5. The highest BCUT2D eigenvalue weighted by molar-refractivity contribution is 6.30. The number of ether oxygens (including phenoxy) is 2. The van der Waals surface area contributed by atoms with E-state index in [-0.39, 0.29) is 0 Å². The molecular weight excluding hydrogens is 476 g/mol. The van der Waals surface area contributed by atoms with Gasteiger partial charge in [0.05, 0.1) is 13.2 Å². The van der Waals surface area contributed by atoms with Gasteiger partial charge in [0.15, 0.2) is 0 Å². The van der Waals surface area contributed by atoms with Crippen LogP contribution in [0.15, 0.2) is 65.7 Å². The molecule has 0 bridgehead atoms. The highest BCUT2D eigenvalue weighted by Crippen LogP contribution is 2.51. The van der Waals surface area contributed by atoms with Crippen molar-refractivity contribution in [3.8, 4) is 0 Å². The number of methoxy groups -OCH3 is 1. The summed E-state index contributed by atoms with van der Waals surface area (Å²) in [5.41, 5.74) is -0.381. The molecule has 2 aromatic rings. The van der Waals surface area contributed by atoms with Gasteiger partial charge in [0.2, 0.25) is 0 Å². The maximum atomic E-state index is 14.2. The molecule has 2 aliphatic heterocycles. The van der Waals surface area contributed by atoms with Gasteiger partial charge in [-0.25, -0.2) is 4.79 Å². The van der Waals surface area contributed by atoms with Crippen LogP contribution in [-0.4, -0.2) is 47.5 Å².